The number of rotatable bonds is 3. The van der Waals surface area contributed by atoms with E-state index in [1.165, 1.54) is 12.1 Å². The maximum absolute atomic E-state index is 13.1. The molecule has 1 heterocycles. The summed E-state index contributed by atoms with van der Waals surface area (Å²) in [6.07, 6.45) is 2.26. The third-order valence-corrected chi connectivity index (χ3v) is 3.78. The minimum Gasteiger partial charge on any atom is -0.307 e. The molecular weight excluding hydrogens is 321 g/mol. The highest BCUT2D eigenvalue weighted by Crippen LogP contribution is 2.40. The average molecular weight is 331 g/mol. The fraction of sp³-hybridized carbons (Fsp3) is 0.333. The topological polar surface area (TPSA) is 30.7 Å². The van der Waals surface area contributed by atoms with Crippen molar-refractivity contribution in [2.24, 2.45) is 0 Å². The molecule has 18 heavy (non-hydrogen) atoms. The molecule has 3 nitrogen and oxygen atoms in total. The molecule has 1 saturated carbocycles. The van der Waals surface area contributed by atoms with E-state index in [-0.39, 0.29) is 5.82 Å². The lowest BCUT2D eigenvalue weighted by molar-refractivity contribution is 0.628. The van der Waals surface area contributed by atoms with Crippen LogP contribution in [0.25, 0.3) is 11.4 Å². The van der Waals surface area contributed by atoms with Crippen LogP contribution < -0.4 is 0 Å². The summed E-state index contributed by atoms with van der Waals surface area (Å²) < 4.78 is 15.2. The molecule has 0 radical (unpaired) electrons. The highest BCUT2D eigenvalue weighted by Gasteiger charge is 2.30. The van der Waals surface area contributed by atoms with Crippen LogP contribution in [0.4, 0.5) is 4.39 Å². The van der Waals surface area contributed by atoms with Crippen LogP contribution in [0.5, 0.6) is 0 Å². The zero-order valence-electron chi connectivity index (χ0n) is 9.41. The van der Waals surface area contributed by atoms with E-state index in [1.807, 2.05) is 0 Å². The summed E-state index contributed by atoms with van der Waals surface area (Å²) in [6.45, 7) is 0. The number of halogens is 3. The molecule has 0 unspecified atom stereocenters. The lowest BCUT2D eigenvalue weighted by Gasteiger charge is -2.08. The predicted molar refractivity (Wildman–Crippen MR) is 71.3 cm³/mol. The molecule has 6 heteroatoms. The number of hydrogen-bond acceptors (Lipinski definition) is 2. The Bertz CT molecular complexity index is 595. The third-order valence-electron chi connectivity index (χ3n) is 2.97. The second-order valence-corrected chi connectivity index (χ2v) is 5.27. The summed E-state index contributed by atoms with van der Waals surface area (Å²) >= 11 is 9.48. The molecule has 2 aromatic rings. The summed E-state index contributed by atoms with van der Waals surface area (Å²) in [4.78, 5) is 0. The third kappa shape index (κ3) is 2.06. The zero-order chi connectivity index (χ0) is 12.7. The van der Waals surface area contributed by atoms with Gasteiger partial charge in [0.05, 0.1) is 10.4 Å². The van der Waals surface area contributed by atoms with Crippen molar-refractivity contribution in [3.8, 4) is 11.4 Å². The number of nitrogens with zero attached hydrogens (tertiary/aromatic N) is 3. The SMILES string of the molecule is Fc1ccc(-c2nnc(CBr)n2C2CC2)c(Cl)c1. The van der Waals surface area contributed by atoms with Crippen molar-refractivity contribution in [1.82, 2.24) is 14.8 Å². The lowest BCUT2D eigenvalue weighted by Crippen LogP contribution is -2.02. The quantitative estimate of drug-likeness (QED) is 0.797. The Labute approximate surface area is 117 Å². The van der Waals surface area contributed by atoms with Crippen LogP contribution in [0, 0.1) is 5.82 Å². The van der Waals surface area contributed by atoms with Gasteiger partial charge >= 0.3 is 0 Å². The second-order valence-electron chi connectivity index (χ2n) is 4.30. The minimum atomic E-state index is -0.345. The van der Waals surface area contributed by atoms with E-state index in [1.54, 1.807) is 6.07 Å². The van der Waals surface area contributed by atoms with Crippen LogP contribution in [-0.2, 0) is 5.33 Å². The van der Waals surface area contributed by atoms with Gasteiger partial charge in [0.15, 0.2) is 5.82 Å². The van der Waals surface area contributed by atoms with E-state index in [4.69, 9.17) is 11.6 Å². The van der Waals surface area contributed by atoms with Crippen molar-refractivity contribution in [2.75, 3.05) is 0 Å². The van der Waals surface area contributed by atoms with Gasteiger partial charge in [0.25, 0.3) is 0 Å². The van der Waals surface area contributed by atoms with Crippen LogP contribution in [0.1, 0.15) is 24.7 Å². The monoisotopic (exact) mass is 329 g/mol. The Morgan fingerprint density at radius 3 is 2.78 bits per heavy atom. The first-order valence-electron chi connectivity index (χ1n) is 5.66. The van der Waals surface area contributed by atoms with Gasteiger partial charge in [0.1, 0.15) is 11.6 Å². The summed E-state index contributed by atoms with van der Waals surface area (Å²) in [5, 5.41) is 9.35. The van der Waals surface area contributed by atoms with E-state index >= 15 is 0 Å². The molecule has 0 atom stereocenters. The molecule has 0 saturated heterocycles. The first kappa shape index (κ1) is 12.1. The number of alkyl halides is 1. The molecule has 1 aromatic heterocycles. The molecule has 0 amide bonds. The van der Waals surface area contributed by atoms with Crippen molar-refractivity contribution in [3.63, 3.8) is 0 Å². The van der Waals surface area contributed by atoms with E-state index < -0.39 is 0 Å². The molecule has 94 valence electrons. The summed E-state index contributed by atoms with van der Waals surface area (Å²) in [5.41, 5.74) is 0.727. The Balaban J connectivity index is 2.13. The van der Waals surface area contributed by atoms with E-state index in [0.29, 0.717) is 16.4 Å². The summed E-state index contributed by atoms with van der Waals surface area (Å²) in [7, 11) is 0. The number of benzene rings is 1. The molecule has 3 rings (SSSR count). The maximum Gasteiger partial charge on any atom is 0.165 e. The van der Waals surface area contributed by atoms with Crippen molar-refractivity contribution in [1.29, 1.82) is 0 Å². The van der Waals surface area contributed by atoms with E-state index in [2.05, 4.69) is 30.7 Å². The zero-order valence-corrected chi connectivity index (χ0v) is 11.7. The minimum absolute atomic E-state index is 0.345. The molecule has 1 aromatic carbocycles. The molecule has 0 aliphatic heterocycles. The molecule has 1 fully saturated rings. The van der Waals surface area contributed by atoms with Crippen molar-refractivity contribution in [2.45, 2.75) is 24.2 Å². The summed E-state index contributed by atoms with van der Waals surface area (Å²) in [6, 6.07) is 4.79. The van der Waals surface area contributed by atoms with Gasteiger partial charge in [-0.05, 0) is 31.0 Å². The first-order chi connectivity index (χ1) is 8.70. The summed E-state index contributed by atoms with van der Waals surface area (Å²) in [5.74, 6) is 1.26. The van der Waals surface area contributed by atoms with Gasteiger partial charge < -0.3 is 4.57 Å². The molecule has 0 bridgehead atoms. The number of aromatic nitrogens is 3. The van der Waals surface area contributed by atoms with E-state index in [0.717, 1.165) is 30.1 Å². The van der Waals surface area contributed by atoms with Crippen molar-refractivity contribution >= 4 is 27.5 Å². The van der Waals surface area contributed by atoms with Crippen molar-refractivity contribution < 1.29 is 4.39 Å². The van der Waals surface area contributed by atoms with Crippen LogP contribution in [-0.4, -0.2) is 14.8 Å². The van der Waals surface area contributed by atoms with Crippen LogP contribution in [0.15, 0.2) is 18.2 Å². The highest BCUT2D eigenvalue weighted by atomic mass is 79.9. The molecular formula is C12H10BrClFN3. The average Bonchev–Trinajstić information content (AvgIpc) is 3.09. The smallest absolute Gasteiger partial charge is 0.165 e. The van der Waals surface area contributed by atoms with Gasteiger partial charge in [-0.15, -0.1) is 10.2 Å². The van der Waals surface area contributed by atoms with Gasteiger partial charge in [0.2, 0.25) is 0 Å². The second kappa shape index (κ2) is 4.63. The Morgan fingerprint density at radius 1 is 1.39 bits per heavy atom. The van der Waals surface area contributed by atoms with E-state index in [9.17, 15) is 4.39 Å². The van der Waals surface area contributed by atoms with Gasteiger partial charge in [0, 0.05) is 11.6 Å². The van der Waals surface area contributed by atoms with Gasteiger partial charge in [-0.25, -0.2) is 4.39 Å². The molecule has 1 aliphatic carbocycles. The fourth-order valence-electron chi connectivity index (χ4n) is 1.99. The van der Waals surface area contributed by atoms with Crippen LogP contribution >= 0.6 is 27.5 Å². The Hall–Kier alpha value is -0.940. The maximum atomic E-state index is 13.1. The highest BCUT2D eigenvalue weighted by molar-refractivity contribution is 9.08. The van der Waals surface area contributed by atoms with Gasteiger partial charge in [-0.1, -0.05) is 27.5 Å². The van der Waals surface area contributed by atoms with Crippen molar-refractivity contribution in [3.05, 3.63) is 34.9 Å². The molecule has 0 spiro atoms. The largest absolute Gasteiger partial charge is 0.307 e. The number of hydrogen-bond donors (Lipinski definition) is 0. The predicted octanol–water partition coefficient (Wildman–Crippen LogP) is 3.97. The Morgan fingerprint density at radius 2 is 2.17 bits per heavy atom. The lowest BCUT2D eigenvalue weighted by atomic mass is 10.2. The molecule has 1 aliphatic rings. The van der Waals surface area contributed by atoms with Gasteiger partial charge in [-0.3, -0.25) is 0 Å². The fourth-order valence-corrected chi connectivity index (χ4v) is 2.62. The Kier molecular flexibility index (Phi) is 3.11. The van der Waals surface area contributed by atoms with Gasteiger partial charge in [-0.2, -0.15) is 0 Å². The molecule has 0 N–H and O–H groups in total. The standard InChI is InChI=1S/C12H10BrClFN3/c13-6-11-16-17-12(18(11)8-2-3-8)9-4-1-7(15)5-10(9)14/h1,4-5,8H,2-3,6H2. The van der Waals surface area contributed by atoms with Crippen LogP contribution in [0.2, 0.25) is 5.02 Å². The normalized spacial score (nSPS) is 15.1. The van der Waals surface area contributed by atoms with Crippen LogP contribution in [0.3, 0.4) is 0 Å². The first-order valence-corrected chi connectivity index (χ1v) is 7.16.